The van der Waals surface area contributed by atoms with Gasteiger partial charge in [-0.05, 0) is 35.4 Å². The third-order valence-corrected chi connectivity index (χ3v) is 7.54. The summed E-state index contributed by atoms with van der Waals surface area (Å²) in [6.07, 6.45) is 5.31. The number of carbonyl (C=O) groups excluding carboxylic acids is 1. The zero-order chi connectivity index (χ0) is 15.8. The Balaban J connectivity index is 1.77. The summed E-state index contributed by atoms with van der Waals surface area (Å²) in [7, 11) is 0. The maximum Gasteiger partial charge on any atom is 0.172 e. The molecule has 3 heterocycles. The lowest BCUT2D eigenvalue weighted by Crippen LogP contribution is -1.95. The highest BCUT2D eigenvalue weighted by Gasteiger charge is 2.16. The molecule has 0 N–H and O–H groups in total. The quantitative estimate of drug-likeness (QED) is 0.258. The second-order valence-electron chi connectivity index (χ2n) is 5.91. The Morgan fingerprint density at radius 2 is 1.65 bits per heavy atom. The molecule has 3 aromatic heterocycles. The first-order chi connectivity index (χ1) is 11.3. The van der Waals surface area contributed by atoms with Crippen LogP contribution in [0.15, 0.2) is 29.0 Å². The normalized spacial score (nSPS) is 11.9. The minimum absolute atomic E-state index is 0.314. The van der Waals surface area contributed by atoms with Crippen molar-refractivity contribution in [1.82, 2.24) is 0 Å². The third kappa shape index (κ3) is 2.63. The van der Waals surface area contributed by atoms with Crippen molar-refractivity contribution in [3.63, 3.8) is 0 Å². The van der Waals surface area contributed by atoms with E-state index < -0.39 is 0 Å². The average Bonchev–Trinajstić information content (AvgIpc) is 3.27. The van der Waals surface area contributed by atoms with Crippen molar-refractivity contribution in [3.05, 3.63) is 33.8 Å². The highest BCUT2D eigenvalue weighted by atomic mass is 32.1. The van der Waals surface area contributed by atoms with E-state index in [2.05, 4.69) is 35.9 Å². The van der Waals surface area contributed by atoms with Gasteiger partial charge in [0, 0.05) is 27.3 Å². The van der Waals surface area contributed by atoms with Crippen LogP contribution in [0.25, 0.3) is 30.3 Å². The molecule has 0 aliphatic carbocycles. The molecule has 23 heavy (non-hydrogen) atoms. The Bertz CT molecular complexity index is 919. The maximum atomic E-state index is 12.5. The molecule has 0 amide bonds. The van der Waals surface area contributed by atoms with Gasteiger partial charge in [0.1, 0.15) is 0 Å². The first-order valence-corrected chi connectivity index (χ1v) is 10.7. The predicted octanol–water partition coefficient (Wildman–Crippen LogP) is 7.48. The molecule has 4 aromatic rings. The van der Waals surface area contributed by atoms with Gasteiger partial charge in [0.2, 0.25) is 0 Å². The molecule has 4 rings (SSSR count). The monoisotopic (exact) mass is 358 g/mol. The van der Waals surface area contributed by atoms with Gasteiger partial charge >= 0.3 is 0 Å². The molecule has 0 spiro atoms. The first kappa shape index (κ1) is 15.3. The zero-order valence-electron chi connectivity index (χ0n) is 13.1. The van der Waals surface area contributed by atoms with Gasteiger partial charge in [-0.15, -0.1) is 34.0 Å². The Hall–Kier alpha value is -1.23. The molecule has 0 saturated carbocycles. The van der Waals surface area contributed by atoms with E-state index in [1.165, 1.54) is 43.1 Å². The highest BCUT2D eigenvalue weighted by molar-refractivity contribution is 7.28. The molecule has 0 bridgehead atoms. The summed E-state index contributed by atoms with van der Waals surface area (Å²) in [4.78, 5) is 13.5. The number of ketones is 1. The van der Waals surface area contributed by atoms with Crippen LogP contribution in [0.2, 0.25) is 0 Å². The maximum absolute atomic E-state index is 12.5. The van der Waals surface area contributed by atoms with Gasteiger partial charge in [0.05, 0.1) is 14.3 Å². The fourth-order valence-corrected chi connectivity index (χ4v) is 6.37. The van der Waals surface area contributed by atoms with E-state index in [9.17, 15) is 4.79 Å². The number of carbonyl (C=O) groups is 1. The van der Waals surface area contributed by atoms with Crippen molar-refractivity contribution in [2.75, 3.05) is 0 Å². The lowest BCUT2D eigenvalue weighted by molar-refractivity contribution is 0.0983. The average molecular weight is 359 g/mol. The van der Waals surface area contributed by atoms with Crippen LogP contribution in [0.4, 0.5) is 0 Å². The molecule has 0 aliphatic heterocycles. The number of Topliss-reactive ketones (excluding diaryl/α,β-unsaturated/α-hetero) is 1. The number of unbranched alkanes of at least 4 members (excludes halogenated alkanes) is 3. The fraction of sp³-hybridized carbons (Fsp3) is 0.316. The van der Waals surface area contributed by atoms with Gasteiger partial charge in [-0.25, -0.2) is 0 Å². The first-order valence-electron chi connectivity index (χ1n) is 8.12. The summed E-state index contributed by atoms with van der Waals surface area (Å²) >= 11 is 5.29. The van der Waals surface area contributed by atoms with Crippen LogP contribution in [-0.4, -0.2) is 5.78 Å². The summed E-state index contributed by atoms with van der Waals surface area (Å²) in [5.41, 5.74) is 0. The summed E-state index contributed by atoms with van der Waals surface area (Å²) in [5, 5.41) is 8.20. The molecule has 0 unspecified atom stereocenters. The number of hydrogen-bond acceptors (Lipinski definition) is 4. The van der Waals surface area contributed by atoms with Crippen LogP contribution in [0, 0.1) is 0 Å². The number of thiophene rings is 3. The minimum Gasteiger partial charge on any atom is -0.293 e. The van der Waals surface area contributed by atoms with Crippen molar-refractivity contribution in [3.8, 4) is 0 Å². The van der Waals surface area contributed by atoms with Crippen LogP contribution in [0.1, 0.15) is 48.7 Å². The molecule has 1 nitrogen and oxygen atoms in total. The number of benzene rings is 1. The van der Waals surface area contributed by atoms with Crippen molar-refractivity contribution in [1.29, 1.82) is 0 Å². The Morgan fingerprint density at radius 1 is 0.913 bits per heavy atom. The van der Waals surface area contributed by atoms with E-state index in [1.807, 2.05) is 0 Å². The van der Waals surface area contributed by atoms with E-state index in [0.29, 0.717) is 12.2 Å². The molecule has 0 saturated heterocycles. The molecule has 4 heteroatoms. The van der Waals surface area contributed by atoms with Gasteiger partial charge in [0.25, 0.3) is 0 Å². The SMILES string of the molecule is CCCCCCC(=O)c1cc2c3ccsc3c3sccc3c2s1. The van der Waals surface area contributed by atoms with Crippen LogP contribution >= 0.6 is 34.0 Å². The van der Waals surface area contributed by atoms with E-state index in [1.54, 1.807) is 34.0 Å². The number of rotatable bonds is 6. The Morgan fingerprint density at radius 3 is 2.43 bits per heavy atom. The predicted molar refractivity (Wildman–Crippen MR) is 106 cm³/mol. The molecule has 0 aliphatic rings. The van der Waals surface area contributed by atoms with Crippen molar-refractivity contribution in [2.45, 2.75) is 39.0 Å². The van der Waals surface area contributed by atoms with Crippen LogP contribution in [0.3, 0.4) is 0 Å². The molecule has 0 atom stereocenters. The topological polar surface area (TPSA) is 17.1 Å². The molecule has 118 valence electrons. The van der Waals surface area contributed by atoms with Gasteiger partial charge in [-0.1, -0.05) is 26.2 Å². The highest BCUT2D eigenvalue weighted by Crippen LogP contribution is 2.43. The summed E-state index contributed by atoms with van der Waals surface area (Å²) in [5.74, 6) is 0.314. The summed E-state index contributed by atoms with van der Waals surface area (Å²) in [6.45, 7) is 2.20. The largest absolute Gasteiger partial charge is 0.293 e. The Labute approximate surface area is 147 Å². The van der Waals surface area contributed by atoms with E-state index in [-0.39, 0.29) is 0 Å². The fourth-order valence-electron chi connectivity index (χ4n) is 3.13. The van der Waals surface area contributed by atoms with Crippen molar-refractivity contribution < 1.29 is 4.79 Å². The number of fused-ring (bicyclic) bond motifs is 6. The molecular formula is C19H18OS3. The van der Waals surface area contributed by atoms with E-state index in [4.69, 9.17) is 0 Å². The van der Waals surface area contributed by atoms with Crippen LogP contribution < -0.4 is 0 Å². The lowest BCUT2D eigenvalue weighted by atomic mass is 10.1. The third-order valence-electron chi connectivity index (χ3n) is 4.34. The minimum atomic E-state index is 0.314. The molecule has 0 radical (unpaired) electrons. The van der Waals surface area contributed by atoms with E-state index in [0.717, 1.165) is 17.7 Å². The number of hydrogen-bond donors (Lipinski definition) is 0. The smallest absolute Gasteiger partial charge is 0.172 e. The Kier molecular flexibility index (Phi) is 4.22. The molecule has 1 aromatic carbocycles. The second kappa shape index (κ2) is 6.34. The summed E-state index contributed by atoms with van der Waals surface area (Å²) in [6, 6.07) is 6.53. The van der Waals surface area contributed by atoms with Crippen LogP contribution in [-0.2, 0) is 0 Å². The second-order valence-corrected chi connectivity index (χ2v) is 8.80. The van der Waals surface area contributed by atoms with Gasteiger partial charge in [-0.3, -0.25) is 4.79 Å². The molecular weight excluding hydrogens is 340 g/mol. The molecule has 0 fully saturated rings. The van der Waals surface area contributed by atoms with Crippen LogP contribution in [0.5, 0.6) is 0 Å². The zero-order valence-corrected chi connectivity index (χ0v) is 15.5. The van der Waals surface area contributed by atoms with Crippen molar-refractivity contribution in [2.24, 2.45) is 0 Å². The van der Waals surface area contributed by atoms with E-state index >= 15 is 0 Å². The van der Waals surface area contributed by atoms with Gasteiger partial charge in [0.15, 0.2) is 5.78 Å². The lowest BCUT2D eigenvalue weighted by Gasteiger charge is -1.97. The van der Waals surface area contributed by atoms with Gasteiger partial charge < -0.3 is 0 Å². The van der Waals surface area contributed by atoms with Crippen molar-refractivity contribution >= 4 is 70.1 Å². The summed E-state index contributed by atoms with van der Waals surface area (Å²) < 4.78 is 4.01. The standard InChI is InChI=1S/C19H18OS3/c1-2-3-4-5-6-15(20)16-11-14-12-7-9-21-18(12)19-13(8-10-22-19)17(14)23-16/h7-11H,2-6H2,1H3. The van der Waals surface area contributed by atoms with Gasteiger partial charge in [-0.2, -0.15) is 0 Å².